The molecule has 2 unspecified atom stereocenters. The normalized spacial score (nSPS) is 33.7. The van der Waals surface area contributed by atoms with Crippen molar-refractivity contribution in [2.75, 3.05) is 6.54 Å². The van der Waals surface area contributed by atoms with E-state index in [1.54, 1.807) is 0 Å². The number of piperidine rings is 1. The first-order valence-electron chi connectivity index (χ1n) is 7.20. The molecule has 4 heteroatoms. The maximum absolute atomic E-state index is 12.5. The van der Waals surface area contributed by atoms with Gasteiger partial charge in [-0.3, -0.25) is 9.59 Å². The Hall–Kier alpha value is -1.06. The van der Waals surface area contributed by atoms with Crippen LogP contribution in [0.15, 0.2) is 0 Å². The van der Waals surface area contributed by atoms with E-state index in [4.69, 9.17) is 0 Å². The van der Waals surface area contributed by atoms with Crippen molar-refractivity contribution in [1.29, 1.82) is 0 Å². The van der Waals surface area contributed by atoms with Crippen LogP contribution in [0.1, 0.15) is 51.4 Å². The van der Waals surface area contributed by atoms with Crippen molar-refractivity contribution in [1.82, 2.24) is 4.90 Å². The number of aliphatic carboxylic acids is 1. The maximum Gasteiger partial charge on any atom is 0.319 e. The van der Waals surface area contributed by atoms with E-state index in [2.05, 4.69) is 0 Å². The lowest BCUT2D eigenvalue weighted by molar-refractivity contribution is -0.156. The van der Waals surface area contributed by atoms with Crippen LogP contribution < -0.4 is 0 Å². The number of fused-ring (bicyclic) bond motifs is 1. The van der Waals surface area contributed by atoms with Gasteiger partial charge in [0.2, 0.25) is 5.91 Å². The van der Waals surface area contributed by atoms with Gasteiger partial charge in [-0.05, 0) is 44.4 Å². The number of carboxylic acid groups (broad SMARTS) is 1. The Kier molecular flexibility index (Phi) is 2.83. The Bertz CT molecular complexity index is 373. The lowest BCUT2D eigenvalue weighted by Crippen LogP contribution is -2.53. The van der Waals surface area contributed by atoms with Crippen LogP contribution in [0.2, 0.25) is 0 Å². The van der Waals surface area contributed by atoms with Gasteiger partial charge >= 0.3 is 5.97 Å². The van der Waals surface area contributed by atoms with Gasteiger partial charge in [0.1, 0.15) is 5.41 Å². The van der Waals surface area contributed by atoms with Gasteiger partial charge in [-0.2, -0.15) is 0 Å². The monoisotopic (exact) mass is 251 g/mol. The second-order valence-electron chi connectivity index (χ2n) is 6.14. The molecule has 2 aliphatic carbocycles. The fourth-order valence-corrected chi connectivity index (χ4v) is 3.80. The highest BCUT2D eigenvalue weighted by molar-refractivity contribution is 6.05. The smallest absolute Gasteiger partial charge is 0.319 e. The molecule has 3 fully saturated rings. The van der Waals surface area contributed by atoms with Crippen LogP contribution in [0, 0.1) is 11.3 Å². The summed E-state index contributed by atoms with van der Waals surface area (Å²) in [6.07, 6.45) is 8.08. The van der Waals surface area contributed by atoms with Crippen molar-refractivity contribution < 1.29 is 14.7 Å². The van der Waals surface area contributed by atoms with Crippen LogP contribution in [0.5, 0.6) is 0 Å². The topological polar surface area (TPSA) is 57.6 Å². The Balaban J connectivity index is 1.78. The Morgan fingerprint density at radius 3 is 2.39 bits per heavy atom. The van der Waals surface area contributed by atoms with Crippen molar-refractivity contribution in [3.63, 3.8) is 0 Å². The first kappa shape index (κ1) is 12.0. The maximum atomic E-state index is 12.5. The average molecular weight is 251 g/mol. The summed E-state index contributed by atoms with van der Waals surface area (Å²) >= 11 is 0. The number of carboxylic acids is 1. The van der Waals surface area contributed by atoms with E-state index in [-0.39, 0.29) is 5.91 Å². The van der Waals surface area contributed by atoms with Crippen molar-refractivity contribution in [2.45, 2.75) is 57.4 Å². The molecule has 2 atom stereocenters. The Labute approximate surface area is 107 Å². The molecule has 3 rings (SSSR count). The van der Waals surface area contributed by atoms with Crippen LogP contribution in [0.4, 0.5) is 0 Å². The summed E-state index contributed by atoms with van der Waals surface area (Å²) in [5.41, 5.74) is -1.04. The molecule has 1 aliphatic heterocycles. The molecule has 0 aromatic carbocycles. The number of amides is 1. The molecule has 0 bridgehead atoms. The van der Waals surface area contributed by atoms with E-state index >= 15 is 0 Å². The predicted octanol–water partition coefficient (Wildman–Crippen LogP) is 2.03. The van der Waals surface area contributed by atoms with Gasteiger partial charge in [0.25, 0.3) is 0 Å². The highest BCUT2D eigenvalue weighted by atomic mass is 16.4. The summed E-state index contributed by atoms with van der Waals surface area (Å²) in [6.45, 7) is 0.773. The van der Waals surface area contributed by atoms with Crippen LogP contribution in [0.25, 0.3) is 0 Å². The third-order valence-electron chi connectivity index (χ3n) is 5.07. The highest BCUT2D eigenvalue weighted by Gasteiger charge is 2.59. The summed E-state index contributed by atoms with van der Waals surface area (Å²) in [5, 5.41) is 9.25. The SMILES string of the molecule is O=C(O)C1(C(=O)N2CCCC3CCCCC32)CC1. The van der Waals surface area contributed by atoms with Crippen LogP contribution in [-0.4, -0.2) is 34.5 Å². The first-order chi connectivity index (χ1) is 8.65. The number of hydrogen-bond donors (Lipinski definition) is 1. The van der Waals surface area contributed by atoms with Crippen LogP contribution in [0.3, 0.4) is 0 Å². The van der Waals surface area contributed by atoms with E-state index in [0.29, 0.717) is 24.8 Å². The zero-order valence-corrected chi connectivity index (χ0v) is 10.7. The molecule has 0 aromatic heterocycles. The predicted molar refractivity (Wildman–Crippen MR) is 66.0 cm³/mol. The molecule has 0 radical (unpaired) electrons. The molecule has 1 heterocycles. The van der Waals surface area contributed by atoms with Gasteiger partial charge in [0, 0.05) is 12.6 Å². The molecule has 3 aliphatic rings. The van der Waals surface area contributed by atoms with Crippen LogP contribution in [-0.2, 0) is 9.59 Å². The Morgan fingerprint density at radius 1 is 1.06 bits per heavy atom. The number of carbonyl (C=O) groups is 2. The standard InChI is InChI=1S/C14H21NO3/c16-12(14(7-8-14)13(17)18)15-9-3-5-10-4-1-2-6-11(10)15/h10-11H,1-9H2,(H,17,18). The first-order valence-corrected chi connectivity index (χ1v) is 7.20. The van der Waals surface area contributed by atoms with Crippen molar-refractivity contribution in [2.24, 2.45) is 11.3 Å². The molecule has 0 aromatic rings. The van der Waals surface area contributed by atoms with E-state index in [1.807, 2.05) is 4.90 Å². The lowest BCUT2D eigenvalue weighted by Gasteiger charge is -2.45. The van der Waals surface area contributed by atoms with Gasteiger partial charge in [0.05, 0.1) is 0 Å². The Morgan fingerprint density at radius 2 is 1.72 bits per heavy atom. The van der Waals surface area contributed by atoms with E-state index in [1.165, 1.54) is 25.7 Å². The zero-order chi connectivity index (χ0) is 12.8. The van der Waals surface area contributed by atoms with Crippen LogP contribution >= 0.6 is 0 Å². The number of hydrogen-bond acceptors (Lipinski definition) is 2. The minimum atomic E-state index is -1.04. The van der Waals surface area contributed by atoms with Gasteiger partial charge in [0.15, 0.2) is 0 Å². The summed E-state index contributed by atoms with van der Waals surface area (Å²) in [4.78, 5) is 25.7. The minimum absolute atomic E-state index is 0.0911. The van der Waals surface area contributed by atoms with Crippen molar-refractivity contribution >= 4 is 11.9 Å². The molecule has 1 amide bonds. The minimum Gasteiger partial charge on any atom is -0.480 e. The molecule has 2 saturated carbocycles. The van der Waals surface area contributed by atoms with Crippen molar-refractivity contribution in [3.05, 3.63) is 0 Å². The third kappa shape index (κ3) is 1.73. The molecule has 0 spiro atoms. The second-order valence-corrected chi connectivity index (χ2v) is 6.14. The quantitative estimate of drug-likeness (QED) is 0.764. The third-order valence-corrected chi connectivity index (χ3v) is 5.07. The number of likely N-dealkylation sites (tertiary alicyclic amines) is 1. The highest BCUT2D eigenvalue weighted by Crippen LogP contribution is 2.49. The van der Waals surface area contributed by atoms with Gasteiger partial charge < -0.3 is 10.0 Å². The van der Waals surface area contributed by atoms with E-state index < -0.39 is 11.4 Å². The fraction of sp³-hybridized carbons (Fsp3) is 0.857. The number of carbonyl (C=O) groups excluding carboxylic acids is 1. The molecular weight excluding hydrogens is 230 g/mol. The summed E-state index contributed by atoms with van der Waals surface area (Å²) in [7, 11) is 0. The number of rotatable bonds is 2. The molecule has 1 N–H and O–H groups in total. The summed E-state index contributed by atoms with van der Waals surface area (Å²) in [5.74, 6) is -0.377. The molecule has 4 nitrogen and oxygen atoms in total. The van der Waals surface area contributed by atoms with Gasteiger partial charge in [-0.15, -0.1) is 0 Å². The molecule has 18 heavy (non-hydrogen) atoms. The summed E-state index contributed by atoms with van der Waals surface area (Å²) in [6, 6.07) is 0.330. The molecule has 1 saturated heterocycles. The zero-order valence-electron chi connectivity index (χ0n) is 10.7. The fourth-order valence-electron chi connectivity index (χ4n) is 3.80. The molecule has 100 valence electrons. The van der Waals surface area contributed by atoms with Gasteiger partial charge in [-0.25, -0.2) is 0 Å². The lowest BCUT2D eigenvalue weighted by atomic mass is 9.78. The van der Waals surface area contributed by atoms with E-state index in [0.717, 1.165) is 19.4 Å². The second kappa shape index (κ2) is 4.25. The summed E-state index contributed by atoms with van der Waals surface area (Å²) < 4.78 is 0. The largest absolute Gasteiger partial charge is 0.480 e. The number of nitrogens with zero attached hydrogens (tertiary/aromatic N) is 1. The van der Waals surface area contributed by atoms with Crippen molar-refractivity contribution in [3.8, 4) is 0 Å². The van der Waals surface area contributed by atoms with E-state index in [9.17, 15) is 14.7 Å². The molecular formula is C14H21NO3. The van der Waals surface area contributed by atoms with Gasteiger partial charge in [-0.1, -0.05) is 12.8 Å². The average Bonchev–Trinajstić information content (AvgIpc) is 3.19.